The van der Waals surface area contributed by atoms with E-state index in [-0.39, 0.29) is 0 Å². The fourth-order valence-electron chi connectivity index (χ4n) is 4.36. The molecule has 1 saturated heterocycles. The van der Waals surface area contributed by atoms with Gasteiger partial charge in [-0.15, -0.1) is 0 Å². The molecule has 0 spiro atoms. The van der Waals surface area contributed by atoms with Crippen molar-refractivity contribution in [1.82, 2.24) is 14.5 Å². The molecule has 1 unspecified atom stereocenters. The number of hydrogen-bond donors (Lipinski definition) is 1. The van der Waals surface area contributed by atoms with Crippen LogP contribution in [0.2, 0.25) is 0 Å². The van der Waals surface area contributed by atoms with Crippen molar-refractivity contribution < 1.29 is 0 Å². The number of fused-ring (bicyclic) bond motifs is 1. The van der Waals surface area contributed by atoms with Gasteiger partial charge in [0.2, 0.25) is 0 Å². The highest BCUT2D eigenvalue weighted by atomic mass is 15.1. The van der Waals surface area contributed by atoms with Crippen molar-refractivity contribution in [3.63, 3.8) is 0 Å². The maximum Gasteiger partial charge on any atom is 0.114 e. The van der Waals surface area contributed by atoms with Gasteiger partial charge < -0.3 is 10.3 Å². The van der Waals surface area contributed by atoms with Gasteiger partial charge >= 0.3 is 0 Å². The Morgan fingerprint density at radius 2 is 1.73 bits per heavy atom. The van der Waals surface area contributed by atoms with Crippen LogP contribution in [-0.4, -0.2) is 34.1 Å². The van der Waals surface area contributed by atoms with Crippen LogP contribution < -0.4 is 5.73 Å². The zero-order chi connectivity index (χ0) is 17.9. The van der Waals surface area contributed by atoms with E-state index in [1.54, 1.807) is 0 Å². The number of aromatic nitrogens is 2. The van der Waals surface area contributed by atoms with Gasteiger partial charge in [0, 0.05) is 26.1 Å². The number of nitrogens with two attached hydrogens (primary N) is 1. The second kappa shape index (κ2) is 7.60. The van der Waals surface area contributed by atoms with E-state index in [0.717, 1.165) is 31.0 Å². The summed E-state index contributed by atoms with van der Waals surface area (Å²) >= 11 is 0. The van der Waals surface area contributed by atoms with Gasteiger partial charge in [-0.05, 0) is 49.5 Å². The molecule has 136 valence electrons. The Hall–Kier alpha value is -2.17. The summed E-state index contributed by atoms with van der Waals surface area (Å²) < 4.78 is 2.24. The zero-order valence-electron chi connectivity index (χ0n) is 15.5. The maximum absolute atomic E-state index is 6.22. The van der Waals surface area contributed by atoms with Crippen molar-refractivity contribution in [2.75, 3.05) is 19.6 Å². The van der Waals surface area contributed by atoms with Crippen LogP contribution in [0.5, 0.6) is 0 Å². The highest BCUT2D eigenvalue weighted by molar-refractivity contribution is 5.75. The Morgan fingerprint density at radius 3 is 2.42 bits per heavy atom. The lowest BCUT2D eigenvalue weighted by Gasteiger charge is -2.35. The molecule has 4 rings (SSSR count). The van der Waals surface area contributed by atoms with Gasteiger partial charge in [0.05, 0.1) is 11.0 Å². The summed E-state index contributed by atoms with van der Waals surface area (Å²) in [6.07, 6.45) is 2.38. The Balaban J connectivity index is 1.46. The summed E-state index contributed by atoms with van der Waals surface area (Å²) in [5.41, 5.74) is 9.89. The van der Waals surface area contributed by atoms with E-state index in [1.165, 1.54) is 23.9 Å². The number of aryl methyl sites for hydroxylation is 1. The average molecular weight is 348 g/mol. The van der Waals surface area contributed by atoms with Crippen LogP contribution in [-0.2, 0) is 13.6 Å². The average Bonchev–Trinajstić information content (AvgIpc) is 3.01. The molecule has 0 radical (unpaired) electrons. The molecule has 1 aromatic heterocycles. The summed E-state index contributed by atoms with van der Waals surface area (Å²) in [7, 11) is 2.12. The third-order valence-corrected chi connectivity index (χ3v) is 5.86. The predicted octanol–water partition coefficient (Wildman–Crippen LogP) is 3.53. The lowest BCUT2D eigenvalue weighted by atomic mass is 9.83. The first-order chi connectivity index (χ1) is 12.8. The van der Waals surface area contributed by atoms with Crippen molar-refractivity contribution in [2.24, 2.45) is 18.7 Å². The van der Waals surface area contributed by atoms with Crippen LogP contribution in [0.4, 0.5) is 0 Å². The number of benzene rings is 2. The number of likely N-dealkylation sites (tertiary alicyclic amines) is 1. The molecule has 3 aromatic rings. The van der Waals surface area contributed by atoms with E-state index in [0.29, 0.717) is 18.4 Å². The monoisotopic (exact) mass is 348 g/mol. The summed E-state index contributed by atoms with van der Waals surface area (Å²) in [6.45, 7) is 3.99. The fraction of sp³-hybridized carbons (Fsp3) is 0.409. The molecule has 2 N–H and O–H groups in total. The minimum atomic E-state index is 0.339. The smallest absolute Gasteiger partial charge is 0.114 e. The number of para-hydroxylation sites is 2. The van der Waals surface area contributed by atoms with Crippen LogP contribution in [0.15, 0.2) is 54.6 Å². The van der Waals surface area contributed by atoms with Gasteiger partial charge in [-0.1, -0.05) is 42.5 Å². The quantitative estimate of drug-likeness (QED) is 0.767. The number of piperidine rings is 1. The zero-order valence-corrected chi connectivity index (χ0v) is 15.5. The van der Waals surface area contributed by atoms with Crippen LogP contribution >= 0.6 is 0 Å². The van der Waals surface area contributed by atoms with E-state index in [9.17, 15) is 0 Å². The Bertz CT molecular complexity index is 847. The van der Waals surface area contributed by atoms with Crippen molar-refractivity contribution in [3.05, 3.63) is 66.0 Å². The van der Waals surface area contributed by atoms with Crippen molar-refractivity contribution in [2.45, 2.75) is 25.3 Å². The number of imidazole rings is 1. The minimum absolute atomic E-state index is 0.339. The molecular formula is C22H28N4. The van der Waals surface area contributed by atoms with Gasteiger partial charge in [0.25, 0.3) is 0 Å². The highest BCUT2D eigenvalue weighted by Crippen LogP contribution is 2.33. The SMILES string of the molecule is Cn1c(C(CN)C2CCN(Cc3ccccc3)CC2)nc2ccccc21. The lowest BCUT2D eigenvalue weighted by Crippen LogP contribution is -2.37. The normalized spacial score (nSPS) is 17.6. The molecule has 1 aliphatic rings. The Kier molecular flexibility index (Phi) is 5.05. The highest BCUT2D eigenvalue weighted by Gasteiger charge is 2.29. The number of rotatable bonds is 5. The summed E-state index contributed by atoms with van der Waals surface area (Å²) in [5.74, 6) is 2.10. The number of nitrogens with zero attached hydrogens (tertiary/aromatic N) is 3. The minimum Gasteiger partial charge on any atom is -0.331 e. The van der Waals surface area contributed by atoms with E-state index < -0.39 is 0 Å². The molecule has 0 amide bonds. The molecule has 26 heavy (non-hydrogen) atoms. The van der Waals surface area contributed by atoms with Crippen molar-refractivity contribution >= 4 is 11.0 Å². The van der Waals surface area contributed by atoms with Gasteiger partial charge in [-0.2, -0.15) is 0 Å². The molecule has 0 bridgehead atoms. The standard InChI is InChI=1S/C22H28N4/c1-25-21-10-6-5-9-20(21)24-22(25)19(15-23)18-11-13-26(14-12-18)16-17-7-3-2-4-8-17/h2-10,18-19H,11-16,23H2,1H3. The van der Waals surface area contributed by atoms with E-state index in [4.69, 9.17) is 10.7 Å². The van der Waals surface area contributed by atoms with Crippen LogP contribution in [0.3, 0.4) is 0 Å². The first-order valence-corrected chi connectivity index (χ1v) is 9.64. The molecule has 4 nitrogen and oxygen atoms in total. The summed E-state index contributed by atoms with van der Waals surface area (Å²) in [4.78, 5) is 7.48. The third-order valence-electron chi connectivity index (χ3n) is 5.86. The lowest BCUT2D eigenvalue weighted by molar-refractivity contribution is 0.160. The predicted molar refractivity (Wildman–Crippen MR) is 107 cm³/mol. The van der Waals surface area contributed by atoms with E-state index in [1.807, 2.05) is 0 Å². The molecule has 0 aliphatic carbocycles. The van der Waals surface area contributed by atoms with E-state index in [2.05, 4.69) is 71.1 Å². The van der Waals surface area contributed by atoms with Gasteiger partial charge in [0.15, 0.2) is 0 Å². The Labute approximate surface area is 155 Å². The molecule has 4 heteroatoms. The fourth-order valence-corrected chi connectivity index (χ4v) is 4.36. The summed E-state index contributed by atoms with van der Waals surface area (Å²) in [6, 6.07) is 19.1. The largest absolute Gasteiger partial charge is 0.331 e. The summed E-state index contributed by atoms with van der Waals surface area (Å²) in [5, 5.41) is 0. The maximum atomic E-state index is 6.22. The Morgan fingerprint density at radius 1 is 1.04 bits per heavy atom. The first kappa shape index (κ1) is 17.3. The van der Waals surface area contributed by atoms with Crippen molar-refractivity contribution in [3.8, 4) is 0 Å². The molecule has 2 aromatic carbocycles. The number of hydrogen-bond acceptors (Lipinski definition) is 3. The van der Waals surface area contributed by atoms with Crippen LogP contribution in [0.1, 0.15) is 30.1 Å². The van der Waals surface area contributed by atoms with Gasteiger partial charge in [0.1, 0.15) is 5.82 Å². The molecule has 1 aliphatic heterocycles. The molecule has 2 heterocycles. The molecular weight excluding hydrogens is 320 g/mol. The second-order valence-electron chi connectivity index (χ2n) is 7.46. The second-order valence-corrected chi connectivity index (χ2v) is 7.46. The van der Waals surface area contributed by atoms with Gasteiger partial charge in [-0.25, -0.2) is 4.98 Å². The third kappa shape index (κ3) is 3.39. The first-order valence-electron chi connectivity index (χ1n) is 9.64. The topological polar surface area (TPSA) is 47.1 Å². The van der Waals surface area contributed by atoms with Gasteiger partial charge in [-0.3, -0.25) is 4.90 Å². The van der Waals surface area contributed by atoms with Crippen molar-refractivity contribution in [1.29, 1.82) is 0 Å². The van der Waals surface area contributed by atoms with Crippen LogP contribution in [0.25, 0.3) is 11.0 Å². The molecule has 1 atom stereocenters. The molecule has 0 saturated carbocycles. The van der Waals surface area contributed by atoms with E-state index >= 15 is 0 Å². The molecule has 1 fully saturated rings. The van der Waals surface area contributed by atoms with Crippen LogP contribution in [0, 0.1) is 5.92 Å².